The van der Waals surface area contributed by atoms with Gasteiger partial charge in [-0.2, -0.15) is 0 Å². The molecule has 42 heavy (non-hydrogen) atoms. The van der Waals surface area contributed by atoms with Gasteiger partial charge in [0.15, 0.2) is 0 Å². The Morgan fingerprint density at radius 1 is 0.619 bits per heavy atom. The molecule has 0 aliphatic rings. The molecule has 0 amide bonds. The molecule has 0 spiro atoms. The summed E-state index contributed by atoms with van der Waals surface area (Å²) in [5.41, 5.74) is 10.4. The summed E-state index contributed by atoms with van der Waals surface area (Å²) in [7, 11) is 0. The van der Waals surface area contributed by atoms with Gasteiger partial charge in [0.05, 0.1) is 33.1 Å². The number of aromatic nitrogens is 4. The molecular weight excluding hydrogens is 512 g/mol. The lowest BCUT2D eigenvalue weighted by atomic mass is 9.82. The molecule has 0 radical (unpaired) electrons. The molecule has 7 rings (SSSR count). The van der Waals surface area contributed by atoms with Crippen molar-refractivity contribution in [2.75, 3.05) is 0 Å². The fourth-order valence-electron chi connectivity index (χ4n) is 6.73. The third-order valence-electron chi connectivity index (χ3n) is 9.18. The quantitative estimate of drug-likeness (QED) is 0.189. The van der Waals surface area contributed by atoms with Crippen molar-refractivity contribution < 1.29 is 0 Å². The van der Waals surface area contributed by atoms with Crippen LogP contribution in [0.1, 0.15) is 46.1 Å². The zero-order valence-electron chi connectivity index (χ0n) is 25.0. The molecule has 7 aromatic rings. The molecule has 2 atom stereocenters. The van der Waals surface area contributed by atoms with Crippen molar-refractivity contribution >= 4 is 43.9 Å². The van der Waals surface area contributed by atoms with Crippen molar-refractivity contribution in [3.8, 4) is 11.4 Å². The van der Waals surface area contributed by atoms with E-state index in [1.165, 1.54) is 51.6 Å². The van der Waals surface area contributed by atoms with E-state index in [1.807, 2.05) is 24.5 Å². The fourth-order valence-corrected chi connectivity index (χ4v) is 6.73. The van der Waals surface area contributed by atoms with Gasteiger partial charge in [-0.25, -0.2) is 0 Å². The highest BCUT2D eigenvalue weighted by Crippen LogP contribution is 2.36. The van der Waals surface area contributed by atoms with Gasteiger partial charge < -0.3 is 9.13 Å². The first-order valence-electron chi connectivity index (χ1n) is 15.4. The molecule has 0 aliphatic heterocycles. The number of fused-ring (bicyclic) bond motifs is 6. The van der Waals surface area contributed by atoms with E-state index in [9.17, 15) is 0 Å². The average Bonchev–Trinajstić information content (AvgIpc) is 3.54. The standard InChI is InChI=1S/C38H38N4/c1-5-26(4)20-28(25(2)3)21-27-22-29(41-33-14-8-6-12-31(33)37-35(41)16-10-18-39-37)24-30(23-27)42-34-15-9-7-13-32(34)38-36(42)17-11-19-40-38/h6-19,22-26,28H,5,20-21H2,1-4H3. The molecule has 0 bridgehead atoms. The zero-order chi connectivity index (χ0) is 28.8. The fraction of sp³-hybridized carbons (Fsp3) is 0.263. The lowest BCUT2D eigenvalue weighted by molar-refractivity contribution is 0.301. The molecule has 4 aromatic heterocycles. The van der Waals surface area contributed by atoms with Crippen molar-refractivity contribution in [3.63, 3.8) is 0 Å². The van der Waals surface area contributed by atoms with Gasteiger partial charge in [0.2, 0.25) is 0 Å². The Hall–Kier alpha value is -4.44. The predicted octanol–water partition coefficient (Wildman–Crippen LogP) is 9.92. The summed E-state index contributed by atoms with van der Waals surface area (Å²) in [4.78, 5) is 9.62. The van der Waals surface area contributed by atoms with Crippen LogP contribution in [0.2, 0.25) is 0 Å². The van der Waals surface area contributed by atoms with E-state index in [0.29, 0.717) is 17.8 Å². The van der Waals surface area contributed by atoms with E-state index >= 15 is 0 Å². The lowest BCUT2D eigenvalue weighted by Gasteiger charge is -2.25. The van der Waals surface area contributed by atoms with Crippen LogP contribution < -0.4 is 0 Å². The number of pyridine rings is 2. The van der Waals surface area contributed by atoms with Crippen LogP contribution in [-0.4, -0.2) is 19.1 Å². The van der Waals surface area contributed by atoms with Gasteiger partial charge in [-0.05, 0) is 90.8 Å². The van der Waals surface area contributed by atoms with Gasteiger partial charge in [0.1, 0.15) is 0 Å². The van der Waals surface area contributed by atoms with Crippen LogP contribution in [0, 0.1) is 17.8 Å². The van der Waals surface area contributed by atoms with Crippen molar-refractivity contribution in [1.29, 1.82) is 0 Å². The molecular formula is C38H38N4. The largest absolute Gasteiger partial charge is 0.308 e. The smallest absolute Gasteiger partial charge is 0.0963 e. The number of hydrogen-bond donors (Lipinski definition) is 0. The minimum absolute atomic E-state index is 0.612. The van der Waals surface area contributed by atoms with E-state index in [4.69, 9.17) is 9.97 Å². The summed E-state index contributed by atoms with van der Waals surface area (Å²) >= 11 is 0. The molecule has 210 valence electrons. The van der Waals surface area contributed by atoms with Crippen LogP contribution in [0.4, 0.5) is 0 Å². The summed E-state index contributed by atoms with van der Waals surface area (Å²) in [6.45, 7) is 9.48. The normalized spacial score (nSPS) is 13.5. The molecule has 0 saturated heterocycles. The highest BCUT2D eigenvalue weighted by Gasteiger charge is 2.21. The second-order valence-electron chi connectivity index (χ2n) is 12.3. The molecule has 4 heterocycles. The monoisotopic (exact) mass is 550 g/mol. The highest BCUT2D eigenvalue weighted by molar-refractivity contribution is 6.08. The predicted molar refractivity (Wildman–Crippen MR) is 177 cm³/mol. The van der Waals surface area contributed by atoms with Crippen molar-refractivity contribution in [2.45, 2.75) is 47.0 Å². The van der Waals surface area contributed by atoms with Crippen molar-refractivity contribution in [2.24, 2.45) is 17.8 Å². The number of nitrogens with zero attached hydrogens (tertiary/aromatic N) is 4. The van der Waals surface area contributed by atoms with Crippen LogP contribution in [0.15, 0.2) is 103 Å². The van der Waals surface area contributed by atoms with Crippen molar-refractivity contribution in [1.82, 2.24) is 19.1 Å². The molecule has 0 fully saturated rings. The first-order chi connectivity index (χ1) is 20.5. The molecule has 4 heteroatoms. The third-order valence-corrected chi connectivity index (χ3v) is 9.18. The van der Waals surface area contributed by atoms with E-state index in [0.717, 1.165) is 28.5 Å². The Morgan fingerprint density at radius 2 is 1.12 bits per heavy atom. The summed E-state index contributed by atoms with van der Waals surface area (Å²) in [6, 6.07) is 32.9. The first-order valence-corrected chi connectivity index (χ1v) is 15.4. The molecule has 0 saturated carbocycles. The van der Waals surface area contributed by atoms with Gasteiger partial charge in [-0.3, -0.25) is 9.97 Å². The van der Waals surface area contributed by atoms with E-state index < -0.39 is 0 Å². The van der Waals surface area contributed by atoms with Crippen LogP contribution in [-0.2, 0) is 6.42 Å². The van der Waals surface area contributed by atoms with E-state index in [-0.39, 0.29) is 0 Å². The average molecular weight is 551 g/mol. The Kier molecular flexibility index (Phi) is 6.78. The van der Waals surface area contributed by atoms with Gasteiger partial charge in [-0.1, -0.05) is 70.5 Å². The summed E-state index contributed by atoms with van der Waals surface area (Å²) in [5, 5.41) is 2.36. The first kappa shape index (κ1) is 26.5. The van der Waals surface area contributed by atoms with E-state index in [2.05, 4.69) is 116 Å². The van der Waals surface area contributed by atoms with Crippen LogP contribution in [0.3, 0.4) is 0 Å². The highest BCUT2D eigenvalue weighted by atomic mass is 15.0. The summed E-state index contributed by atoms with van der Waals surface area (Å²) < 4.78 is 4.80. The van der Waals surface area contributed by atoms with Gasteiger partial charge in [0.25, 0.3) is 0 Å². The maximum absolute atomic E-state index is 4.81. The summed E-state index contributed by atoms with van der Waals surface area (Å²) in [6.07, 6.45) is 7.31. The maximum Gasteiger partial charge on any atom is 0.0963 e. The van der Waals surface area contributed by atoms with Crippen LogP contribution in [0.5, 0.6) is 0 Å². The Bertz CT molecular complexity index is 1810. The van der Waals surface area contributed by atoms with Crippen molar-refractivity contribution in [3.05, 3.63) is 109 Å². The van der Waals surface area contributed by atoms with Gasteiger partial charge in [0, 0.05) is 34.5 Å². The zero-order valence-corrected chi connectivity index (χ0v) is 25.0. The third kappa shape index (κ3) is 4.46. The molecule has 4 nitrogen and oxygen atoms in total. The molecule has 0 aliphatic carbocycles. The summed E-state index contributed by atoms with van der Waals surface area (Å²) in [5.74, 6) is 1.94. The number of hydrogen-bond acceptors (Lipinski definition) is 2. The van der Waals surface area contributed by atoms with Gasteiger partial charge >= 0.3 is 0 Å². The minimum Gasteiger partial charge on any atom is -0.308 e. The molecule has 2 unspecified atom stereocenters. The van der Waals surface area contributed by atoms with Crippen LogP contribution >= 0.6 is 0 Å². The lowest BCUT2D eigenvalue weighted by Crippen LogP contribution is -2.16. The van der Waals surface area contributed by atoms with Gasteiger partial charge in [-0.15, -0.1) is 0 Å². The molecule has 3 aromatic carbocycles. The Morgan fingerprint density at radius 3 is 1.62 bits per heavy atom. The maximum atomic E-state index is 4.81. The second-order valence-corrected chi connectivity index (χ2v) is 12.3. The Labute approximate surface area is 247 Å². The SMILES string of the molecule is CCC(C)CC(Cc1cc(-n2c3ccccc3c3ncccc32)cc(-n2c3ccccc3c3ncccc32)c1)C(C)C. The number of rotatable bonds is 8. The van der Waals surface area contributed by atoms with Crippen LogP contribution in [0.25, 0.3) is 55.2 Å². The Balaban J connectivity index is 1.51. The molecule has 0 N–H and O–H groups in total. The number of para-hydroxylation sites is 2. The number of benzene rings is 3. The second kappa shape index (κ2) is 10.8. The van der Waals surface area contributed by atoms with E-state index in [1.54, 1.807) is 0 Å². The topological polar surface area (TPSA) is 35.6 Å². The minimum atomic E-state index is 0.612.